The maximum Gasteiger partial charge on any atom is 0.254 e. The summed E-state index contributed by atoms with van der Waals surface area (Å²) in [5, 5.41) is 18.9. The van der Waals surface area contributed by atoms with Crippen LogP contribution in [0.1, 0.15) is 64.7 Å². The molecule has 2 aromatic carbocycles. The van der Waals surface area contributed by atoms with Gasteiger partial charge in [0.2, 0.25) is 5.91 Å². The number of aromatic nitrogens is 2. The number of nitrogens with one attached hydrogen (secondary N) is 2. The van der Waals surface area contributed by atoms with Crippen molar-refractivity contribution in [1.82, 2.24) is 15.1 Å². The second-order valence-electron chi connectivity index (χ2n) is 8.49. The largest absolute Gasteiger partial charge is 0.327 e. The highest BCUT2D eigenvalue weighted by molar-refractivity contribution is 6.04. The van der Waals surface area contributed by atoms with Crippen LogP contribution in [0.3, 0.4) is 0 Å². The number of hydrogen-bond donors (Lipinski definition) is 2. The average molecular weight is 443 g/mol. The van der Waals surface area contributed by atoms with Gasteiger partial charge in [0.05, 0.1) is 23.7 Å². The molecule has 0 bridgehead atoms. The molecule has 7 nitrogen and oxygen atoms in total. The molecule has 1 aliphatic carbocycles. The lowest BCUT2D eigenvalue weighted by atomic mass is 9.79. The van der Waals surface area contributed by atoms with Crippen molar-refractivity contribution in [2.24, 2.45) is 0 Å². The fourth-order valence-electron chi connectivity index (χ4n) is 5.10. The minimum Gasteiger partial charge on any atom is -0.327 e. The minimum atomic E-state index is -0.701. The predicted molar refractivity (Wildman–Crippen MR) is 119 cm³/mol. The second kappa shape index (κ2) is 8.51. The van der Waals surface area contributed by atoms with Crippen LogP contribution in [0.5, 0.6) is 0 Å². The third-order valence-electron chi connectivity index (χ3n) is 6.59. The van der Waals surface area contributed by atoms with Crippen molar-refractivity contribution in [3.8, 4) is 6.07 Å². The summed E-state index contributed by atoms with van der Waals surface area (Å²) in [6, 6.07) is 12.4. The van der Waals surface area contributed by atoms with Crippen LogP contribution in [-0.2, 0) is 4.79 Å². The van der Waals surface area contributed by atoms with Crippen LogP contribution < -0.4 is 5.32 Å². The van der Waals surface area contributed by atoms with Crippen molar-refractivity contribution < 1.29 is 14.0 Å². The number of hydrogen-bond acceptors (Lipinski definition) is 4. The number of H-pyrrole nitrogens is 1. The summed E-state index contributed by atoms with van der Waals surface area (Å²) in [6.07, 6.45) is 7.23. The lowest BCUT2D eigenvalue weighted by Crippen LogP contribution is -2.49. The molecule has 2 aliphatic rings. The molecule has 33 heavy (non-hydrogen) atoms. The zero-order valence-electron chi connectivity index (χ0n) is 17.8. The molecule has 2 atom stereocenters. The first-order valence-electron chi connectivity index (χ1n) is 11.0. The summed E-state index contributed by atoms with van der Waals surface area (Å²) in [7, 11) is 0. The third-order valence-corrected chi connectivity index (χ3v) is 6.59. The van der Waals surface area contributed by atoms with E-state index >= 15 is 0 Å². The highest BCUT2D eigenvalue weighted by Crippen LogP contribution is 2.46. The molecule has 1 aliphatic heterocycles. The molecule has 0 spiro atoms. The van der Waals surface area contributed by atoms with Crippen molar-refractivity contribution in [3.05, 3.63) is 82.9 Å². The Morgan fingerprint density at radius 2 is 2.00 bits per heavy atom. The van der Waals surface area contributed by atoms with Gasteiger partial charge in [-0.2, -0.15) is 10.4 Å². The van der Waals surface area contributed by atoms with E-state index in [1.54, 1.807) is 30.6 Å². The molecule has 1 fully saturated rings. The number of anilines is 1. The fourth-order valence-corrected chi connectivity index (χ4v) is 5.10. The van der Waals surface area contributed by atoms with Gasteiger partial charge in [-0.25, -0.2) is 4.39 Å². The number of carbonyl (C=O) groups excluding carboxylic acids is 2. The molecule has 2 heterocycles. The van der Waals surface area contributed by atoms with E-state index in [-0.39, 0.29) is 23.4 Å². The summed E-state index contributed by atoms with van der Waals surface area (Å²) in [4.78, 5) is 29.2. The minimum absolute atomic E-state index is 0.0390. The number of halogens is 1. The Kier molecular flexibility index (Phi) is 5.38. The third kappa shape index (κ3) is 3.65. The van der Waals surface area contributed by atoms with Gasteiger partial charge in [-0.3, -0.25) is 14.7 Å². The van der Waals surface area contributed by atoms with Gasteiger partial charge in [0.1, 0.15) is 11.9 Å². The molecule has 0 unspecified atom stereocenters. The lowest BCUT2D eigenvalue weighted by molar-refractivity contribution is -0.119. The van der Waals surface area contributed by atoms with Crippen LogP contribution in [-0.4, -0.2) is 33.0 Å². The Labute approximate surface area is 190 Å². The number of nitriles is 1. The number of aromatic amines is 1. The van der Waals surface area contributed by atoms with Crippen LogP contribution in [0, 0.1) is 17.1 Å². The first-order chi connectivity index (χ1) is 16.1. The van der Waals surface area contributed by atoms with E-state index in [9.17, 15) is 14.0 Å². The molecule has 0 saturated heterocycles. The molecular formula is C25H22FN5O2. The van der Waals surface area contributed by atoms with Gasteiger partial charge >= 0.3 is 0 Å². The summed E-state index contributed by atoms with van der Waals surface area (Å²) in [6.45, 7) is 0. The summed E-state index contributed by atoms with van der Waals surface area (Å²) in [5.41, 5.74) is 2.09. The van der Waals surface area contributed by atoms with Crippen LogP contribution in [0.4, 0.5) is 10.1 Å². The number of nitrogens with zero attached hydrogens (tertiary/aromatic N) is 3. The molecule has 3 aromatic rings. The number of fused-ring (bicyclic) bond motifs is 1. The zero-order chi connectivity index (χ0) is 22.9. The number of carbonyl (C=O) groups is 2. The van der Waals surface area contributed by atoms with Gasteiger partial charge < -0.3 is 10.2 Å². The van der Waals surface area contributed by atoms with Gasteiger partial charge in [0.25, 0.3) is 5.91 Å². The van der Waals surface area contributed by atoms with Crippen LogP contribution in [0.2, 0.25) is 0 Å². The Balaban J connectivity index is 1.61. The van der Waals surface area contributed by atoms with Gasteiger partial charge in [-0.1, -0.05) is 31.0 Å². The first-order valence-corrected chi connectivity index (χ1v) is 11.0. The molecule has 2 N–H and O–H groups in total. The number of benzene rings is 2. The molecule has 0 radical (unpaired) electrons. The van der Waals surface area contributed by atoms with E-state index in [0.717, 1.165) is 37.3 Å². The summed E-state index contributed by atoms with van der Waals surface area (Å²) >= 11 is 0. The lowest BCUT2D eigenvalue weighted by Gasteiger charge is -2.44. The highest BCUT2D eigenvalue weighted by Gasteiger charge is 2.47. The molecule has 166 valence electrons. The van der Waals surface area contributed by atoms with Crippen molar-refractivity contribution in [2.75, 3.05) is 5.32 Å². The fraction of sp³-hybridized carbons (Fsp3) is 0.280. The van der Waals surface area contributed by atoms with Gasteiger partial charge in [-0.05, 0) is 42.7 Å². The number of amides is 2. The van der Waals surface area contributed by atoms with Crippen LogP contribution >= 0.6 is 0 Å². The Morgan fingerprint density at radius 3 is 2.73 bits per heavy atom. The predicted octanol–water partition coefficient (Wildman–Crippen LogP) is 4.28. The van der Waals surface area contributed by atoms with E-state index in [4.69, 9.17) is 5.26 Å². The van der Waals surface area contributed by atoms with E-state index in [1.807, 2.05) is 17.0 Å². The van der Waals surface area contributed by atoms with E-state index in [0.29, 0.717) is 16.8 Å². The number of rotatable bonds is 4. The van der Waals surface area contributed by atoms with Crippen molar-refractivity contribution >= 4 is 17.5 Å². The summed E-state index contributed by atoms with van der Waals surface area (Å²) < 4.78 is 13.8. The molecule has 1 aromatic heterocycles. The first kappa shape index (κ1) is 20.9. The second-order valence-corrected chi connectivity index (χ2v) is 8.49. The van der Waals surface area contributed by atoms with Gasteiger partial charge in [0.15, 0.2) is 0 Å². The zero-order valence-corrected chi connectivity index (χ0v) is 17.8. The van der Waals surface area contributed by atoms with Crippen molar-refractivity contribution in [2.45, 2.75) is 43.7 Å². The molecular weight excluding hydrogens is 421 g/mol. The van der Waals surface area contributed by atoms with E-state index in [2.05, 4.69) is 15.5 Å². The smallest absolute Gasteiger partial charge is 0.254 e. The van der Waals surface area contributed by atoms with E-state index < -0.39 is 17.8 Å². The highest BCUT2D eigenvalue weighted by atomic mass is 19.1. The van der Waals surface area contributed by atoms with Gasteiger partial charge in [-0.15, -0.1) is 0 Å². The summed E-state index contributed by atoms with van der Waals surface area (Å²) in [5.74, 6) is -1.76. The molecule has 8 heteroatoms. The topological polar surface area (TPSA) is 102 Å². The van der Waals surface area contributed by atoms with Crippen LogP contribution in [0.15, 0.2) is 54.9 Å². The molecule has 2 amide bonds. The normalized spacial score (nSPS) is 20.4. The van der Waals surface area contributed by atoms with Crippen molar-refractivity contribution in [1.29, 1.82) is 5.26 Å². The molecule has 5 rings (SSSR count). The Bertz CT molecular complexity index is 1240. The standard InChI is InChI=1S/C25H22FN5O2/c26-21-10-9-17(11-15(21)12-27)30-24(32)22-19-7-3-4-8-20(19)25(33)31(18-5-1-2-6-18)23(22)16-13-28-29-14-16/h3-4,7-11,13-14,18,22-23H,1-2,5-6H2,(H,28,29)(H,30,32)/t22-,23+/m0/s1. The quantitative estimate of drug-likeness (QED) is 0.628. The Morgan fingerprint density at radius 1 is 1.21 bits per heavy atom. The van der Waals surface area contributed by atoms with Gasteiger partial charge in [0, 0.05) is 29.1 Å². The average Bonchev–Trinajstić information content (AvgIpc) is 3.54. The SMILES string of the molecule is N#Cc1cc(NC(=O)[C@H]2c3ccccc3C(=O)N(C3CCCC3)[C@@H]2c2cn[nH]c2)ccc1F. The van der Waals surface area contributed by atoms with Crippen LogP contribution in [0.25, 0.3) is 0 Å². The maximum atomic E-state index is 13.8. The maximum absolute atomic E-state index is 13.8. The molecule has 1 saturated carbocycles. The Hall–Kier alpha value is -3.99. The monoisotopic (exact) mass is 443 g/mol. The van der Waals surface area contributed by atoms with E-state index in [1.165, 1.54) is 12.1 Å². The van der Waals surface area contributed by atoms with Crippen molar-refractivity contribution in [3.63, 3.8) is 0 Å².